The van der Waals surface area contributed by atoms with E-state index in [1.807, 2.05) is 50.2 Å². The van der Waals surface area contributed by atoms with E-state index in [0.717, 1.165) is 6.42 Å². The van der Waals surface area contributed by atoms with Gasteiger partial charge in [0.1, 0.15) is 0 Å². The van der Waals surface area contributed by atoms with Crippen molar-refractivity contribution in [2.45, 2.75) is 38.2 Å². The summed E-state index contributed by atoms with van der Waals surface area (Å²) in [7, 11) is 0. The average molecular weight is 254 g/mol. The molecule has 0 fully saturated rings. The maximum atomic E-state index is 10.7. The predicted octanol–water partition coefficient (Wildman–Crippen LogP) is 3.96. The van der Waals surface area contributed by atoms with Crippen LogP contribution in [0.2, 0.25) is 0 Å². The second-order valence-electron chi connectivity index (χ2n) is 5.92. The van der Waals surface area contributed by atoms with Crippen LogP contribution in [0.3, 0.4) is 0 Å². The van der Waals surface area contributed by atoms with Crippen molar-refractivity contribution in [2.24, 2.45) is 0 Å². The van der Waals surface area contributed by atoms with Crippen LogP contribution in [0.25, 0.3) is 0 Å². The van der Waals surface area contributed by atoms with Crippen molar-refractivity contribution in [3.63, 3.8) is 0 Å². The maximum Gasteiger partial charge on any atom is 0.0688 e. The van der Waals surface area contributed by atoms with Crippen LogP contribution in [0.5, 0.6) is 0 Å². The monoisotopic (exact) mass is 254 g/mol. The van der Waals surface area contributed by atoms with Crippen LogP contribution in [-0.4, -0.2) is 10.7 Å². The van der Waals surface area contributed by atoms with Gasteiger partial charge in [0, 0.05) is 5.41 Å². The fraction of sp³-hybridized carbons (Fsp3) is 0.333. The summed E-state index contributed by atoms with van der Waals surface area (Å²) < 4.78 is 0. The summed E-state index contributed by atoms with van der Waals surface area (Å²) >= 11 is 0. The van der Waals surface area contributed by atoms with Crippen molar-refractivity contribution in [3.8, 4) is 0 Å². The lowest BCUT2D eigenvalue weighted by atomic mass is 9.67. The second kappa shape index (κ2) is 5.18. The van der Waals surface area contributed by atoms with E-state index in [-0.39, 0.29) is 5.41 Å². The zero-order valence-corrected chi connectivity index (χ0v) is 11.9. The third-order valence-corrected chi connectivity index (χ3v) is 4.16. The molecule has 0 saturated heterocycles. The first-order chi connectivity index (χ1) is 8.93. The van der Waals surface area contributed by atoms with E-state index in [0.29, 0.717) is 0 Å². The minimum Gasteiger partial charge on any atom is -0.390 e. The highest BCUT2D eigenvalue weighted by Crippen LogP contribution is 2.38. The molecule has 0 aliphatic carbocycles. The molecule has 0 saturated carbocycles. The van der Waals surface area contributed by atoms with Gasteiger partial charge in [0.25, 0.3) is 0 Å². The van der Waals surface area contributed by atoms with Crippen molar-refractivity contribution < 1.29 is 5.11 Å². The molecule has 2 aromatic rings. The topological polar surface area (TPSA) is 20.2 Å². The standard InChI is InChI=1S/C18H22O/c1-17(2,19)18(3,16-12-8-5-9-13-16)14-15-10-6-4-7-11-15/h4-13,19H,14H2,1-3H3. The van der Waals surface area contributed by atoms with Crippen molar-refractivity contribution >= 4 is 0 Å². The summed E-state index contributed by atoms with van der Waals surface area (Å²) in [6, 6.07) is 20.6. The minimum absolute atomic E-state index is 0.310. The average Bonchev–Trinajstić information content (AvgIpc) is 2.39. The Morgan fingerprint density at radius 1 is 0.789 bits per heavy atom. The van der Waals surface area contributed by atoms with Gasteiger partial charge in [-0.15, -0.1) is 0 Å². The maximum absolute atomic E-state index is 10.7. The molecule has 2 aromatic carbocycles. The smallest absolute Gasteiger partial charge is 0.0688 e. The zero-order chi connectivity index (χ0) is 13.9. The van der Waals surface area contributed by atoms with Crippen LogP contribution in [0.15, 0.2) is 60.7 Å². The number of aliphatic hydroxyl groups is 1. The molecule has 1 heteroatoms. The lowest BCUT2D eigenvalue weighted by Gasteiger charge is -2.41. The molecule has 0 aliphatic rings. The van der Waals surface area contributed by atoms with Crippen LogP contribution in [0, 0.1) is 0 Å². The molecule has 0 amide bonds. The Hall–Kier alpha value is -1.60. The summed E-state index contributed by atoms with van der Waals surface area (Å²) in [6.45, 7) is 5.92. The van der Waals surface area contributed by atoms with Gasteiger partial charge in [-0.25, -0.2) is 0 Å². The molecule has 2 rings (SSSR count). The number of hydrogen-bond acceptors (Lipinski definition) is 1. The van der Waals surface area contributed by atoms with Gasteiger partial charge in [0.2, 0.25) is 0 Å². The lowest BCUT2D eigenvalue weighted by Crippen LogP contribution is -2.46. The number of hydrogen-bond donors (Lipinski definition) is 1. The Kier molecular flexibility index (Phi) is 3.77. The fourth-order valence-electron chi connectivity index (χ4n) is 2.48. The molecule has 1 nitrogen and oxygen atoms in total. The van der Waals surface area contributed by atoms with Gasteiger partial charge < -0.3 is 5.11 Å². The summed E-state index contributed by atoms with van der Waals surface area (Å²) in [5, 5.41) is 10.7. The number of rotatable bonds is 4. The van der Waals surface area contributed by atoms with Gasteiger partial charge >= 0.3 is 0 Å². The quantitative estimate of drug-likeness (QED) is 0.875. The molecule has 0 bridgehead atoms. The van der Waals surface area contributed by atoms with Crippen molar-refractivity contribution in [1.82, 2.24) is 0 Å². The van der Waals surface area contributed by atoms with Gasteiger partial charge in [0.15, 0.2) is 0 Å². The van der Waals surface area contributed by atoms with Crippen LogP contribution in [-0.2, 0) is 11.8 Å². The third kappa shape index (κ3) is 2.87. The Morgan fingerprint density at radius 3 is 1.74 bits per heavy atom. The van der Waals surface area contributed by atoms with Gasteiger partial charge in [-0.05, 0) is 31.4 Å². The van der Waals surface area contributed by atoms with E-state index >= 15 is 0 Å². The van der Waals surface area contributed by atoms with Crippen molar-refractivity contribution in [2.75, 3.05) is 0 Å². The molecule has 19 heavy (non-hydrogen) atoms. The van der Waals surface area contributed by atoms with Gasteiger partial charge in [0.05, 0.1) is 5.60 Å². The molecule has 1 unspecified atom stereocenters. The highest BCUT2D eigenvalue weighted by atomic mass is 16.3. The van der Waals surface area contributed by atoms with E-state index in [9.17, 15) is 5.11 Å². The summed E-state index contributed by atoms with van der Waals surface area (Å²) in [4.78, 5) is 0. The van der Waals surface area contributed by atoms with E-state index in [1.54, 1.807) is 0 Å². The van der Waals surface area contributed by atoms with Crippen molar-refractivity contribution in [3.05, 3.63) is 71.8 Å². The van der Waals surface area contributed by atoms with Gasteiger partial charge in [-0.1, -0.05) is 67.6 Å². The Morgan fingerprint density at radius 2 is 1.26 bits per heavy atom. The molecule has 100 valence electrons. The van der Waals surface area contributed by atoms with E-state index in [4.69, 9.17) is 0 Å². The molecule has 1 N–H and O–H groups in total. The first-order valence-electron chi connectivity index (χ1n) is 6.75. The molecular formula is C18H22O. The predicted molar refractivity (Wildman–Crippen MR) is 80.2 cm³/mol. The Bertz CT molecular complexity index is 510. The highest BCUT2D eigenvalue weighted by Gasteiger charge is 2.40. The molecule has 0 radical (unpaired) electrons. The van der Waals surface area contributed by atoms with Crippen molar-refractivity contribution in [1.29, 1.82) is 0 Å². The van der Waals surface area contributed by atoms with Crippen LogP contribution >= 0.6 is 0 Å². The van der Waals surface area contributed by atoms with Crippen LogP contribution in [0.1, 0.15) is 31.9 Å². The molecule has 0 aromatic heterocycles. The van der Waals surface area contributed by atoms with Gasteiger partial charge in [-0.2, -0.15) is 0 Å². The Labute approximate surface area is 115 Å². The zero-order valence-electron chi connectivity index (χ0n) is 11.9. The summed E-state index contributed by atoms with van der Waals surface area (Å²) in [5.74, 6) is 0. The van der Waals surface area contributed by atoms with E-state index < -0.39 is 5.60 Å². The Balaban J connectivity index is 2.42. The SMILES string of the molecule is CC(C)(O)C(C)(Cc1ccccc1)c1ccccc1. The molecule has 0 spiro atoms. The highest BCUT2D eigenvalue weighted by molar-refractivity contribution is 5.32. The first-order valence-corrected chi connectivity index (χ1v) is 6.75. The summed E-state index contributed by atoms with van der Waals surface area (Å²) in [5.41, 5.74) is 1.32. The largest absolute Gasteiger partial charge is 0.390 e. The molecule has 0 aliphatic heterocycles. The number of benzene rings is 2. The molecule has 0 heterocycles. The second-order valence-corrected chi connectivity index (χ2v) is 5.92. The minimum atomic E-state index is -0.788. The summed E-state index contributed by atoms with van der Waals surface area (Å²) in [6.07, 6.45) is 0.821. The van der Waals surface area contributed by atoms with E-state index in [1.165, 1.54) is 11.1 Å². The lowest BCUT2D eigenvalue weighted by molar-refractivity contribution is 0.000809. The molecular weight excluding hydrogens is 232 g/mol. The van der Waals surface area contributed by atoms with Gasteiger partial charge in [-0.3, -0.25) is 0 Å². The normalized spacial score (nSPS) is 14.9. The molecule has 1 atom stereocenters. The fourth-order valence-corrected chi connectivity index (χ4v) is 2.48. The van der Waals surface area contributed by atoms with Crippen LogP contribution < -0.4 is 0 Å². The van der Waals surface area contributed by atoms with E-state index in [2.05, 4.69) is 31.2 Å². The third-order valence-electron chi connectivity index (χ3n) is 4.16. The first kappa shape index (κ1) is 13.8. The van der Waals surface area contributed by atoms with Crippen LogP contribution in [0.4, 0.5) is 0 Å².